The third kappa shape index (κ3) is 3.00. The van der Waals surface area contributed by atoms with Gasteiger partial charge in [0.1, 0.15) is 19.0 Å². The van der Waals surface area contributed by atoms with E-state index in [1.54, 1.807) is 18.4 Å². The number of benzene rings is 2. The highest BCUT2D eigenvalue weighted by molar-refractivity contribution is 7.14. The quantitative estimate of drug-likeness (QED) is 0.766. The molecular weight excluding hydrogens is 324 g/mol. The standard InChI is InChI=1S/C18H16N2O3S/c1-21-14-4-2-3-12(9-14)15-11-24-18(20-15)19-13-5-6-16-17(10-13)23-8-7-22-16/h2-6,9-11H,7-8H2,1H3,(H,19,20). The van der Waals surface area contributed by atoms with E-state index >= 15 is 0 Å². The molecule has 122 valence electrons. The smallest absolute Gasteiger partial charge is 0.187 e. The first-order valence-electron chi connectivity index (χ1n) is 7.58. The minimum Gasteiger partial charge on any atom is -0.497 e. The van der Waals surface area contributed by atoms with Crippen LogP contribution in [-0.4, -0.2) is 25.3 Å². The largest absolute Gasteiger partial charge is 0.497 e. The molecule has 0 spiro atoms. The highest BCUT2D eigenvalue weighted by atomic mass is 32.1. The predicted molar refractivity (Wildman–Crippen MR) is 94.8 cm³/mol. The number of nitrogens with one attached hydrogen (secondary N) is 1. The predicted octanol–water partition coefficient (Wildman–Crippen LogP) is 4.33. The van der Waals surface area contributed by atoms with Gasteiger partial charge in [-0.2, -0.15) is 0 Å². The molecule has 0 bridgehead atoms. The third-order valence-corrected chi connectivity index (χ3v) is 4.42. The van der Waals surface area contributed by atoms with Crippen molar-refractivity contribution in [1.29, 1.82) is 0 Å². The maximum Gasteiger partial charge on any atom is 0.187 e. The van der Waals surface area contributed by atoms with Crippen molar-refractivity contribution in [3.8, 4) is 28.5 Å². The van der Waals surface area contributed by atoms with Gasteiger partial charge in [-0.15, -0.1) is 11.3 Å². The van der Waals surface area contributed by atoms with E-state index in [9.17, 15) is 0 Å². The molecule has 0 saturated heterocycles. The zero-order chi connectivity index (χ0) is 16.4. The summed E-state index contributed by atoms with van der Waals surface area (Å²) in [6.45, 7) is 1.17. The SMILES string of the molecule is COc1cccc(-c2csc(Nc3ccc4c(c3)OCCO4)n2)c1. The van der Waals surface area contributed by atoms with Crippen molar-refractivity contribution in [2.24, 2.45) is 0 Å². The molecule has 0 unspecified atom stereocenters. The molecule has 6 heteroatoms. The lowest BCUT2D eigenvalue weighted by Gasteiger charge is -2.18. The first-order valence-corrected chi connectivity index (χ1v) is 8.46. The molecule has 0 aliphatic carbocycles. The van der Waals surface area contributed by atoms with Crippen molar-refractivity contribution in [3.63, 3.8) is 0 Å². The highest BCUT2D eigenvalue weighted by Gasteiger charge is 2.12. The van der Waals surface area contributed by atoms with Gasteiger partial charge in [0, 0.05) is 22.7 Å². The summed E-state index contributed by atoms with van der Waals surface area (Å²) in [7, 11) is 1.66. The second-order valence-corrected chi connectivity index (χ2v) is 6.11. The summed E-state index contributed by atoms with van der Waals surface area (Å²) in [6, 6.07) is 13.7. The van der Waals surface area contributed by atoms with Gasteiger partial charge in [0.05, 0.1) is 12.8 Å². The van der Waals surface area contributed by atoms with Crippen LogP contribution in [0.2, 0.25) is 0 Å². The first kappa shape index (κ1) is 14.8. The maximum absolute atomic E-state index is 5.61. The number of ether oxygens (including phenoxy) is 3. The van der Waals surface area contributed by atoms with Crippen LogP contribution in [-0.2, 0) is 0 Å². The number of methoxy groups -OCH3 is 1. The van der Waals surface area contributed by atoms with Gasteiger partial charge in [0.25, 0.3) is 0 Å². The van der Waals surface area contributed by atoms with Crippen LogP contribution in [0.1, 0.15) is 0 Å². The average molecular weight is 340 g/mol. The van der Waals surface area contributed by atoms with Crippen LogP contribution in [0.4, 0.5) is 10.8 Å². The molecule has 1 aliphatic rings. The summed E-state index contributed by atoms with van der Waals surface area (Å²) in [5.41, 5.74) is 2.87. The first-order chi connectivity index (χ1) is 11.8. The van der Waals surface area contributed by atoms with E-state index in [4.69, 9.17) is 14.2 Å². The van der Waals surface area contributed by atoms with E-state index < -0.39 is 0 Å². The summed E-state index contributed by atoms with van der Waals surface area (Å²) < 4.78 is 16.4. The maximum atomic E-state index is 5.61. The Labute approximate surface area is 143 Å². The fourth-order valence-electron chi connectivity index (χ4n) is 2.49. The lowest BCUT2D eigenvalue weighted by atomic mass is 10.2. The normalized spacial score (nSPS) is 12.7. The van der Waals surface area contributed by atoms with E-state index in [0.29, 0.717) is 13.2 Å². The number of fused-ring (bicyclic) bond motifs is 1. The van der Waals surface area contributed by atoms with Crippen LogP contribution >= 0.6 is 11.3 Å². The van der Waals surface area contributed by atoms with Crippen LogP contribution in [0, 0.1) is 0 Å². The Hall–Kier alpha value is -2.73. The Morgan fingerprint density at radius 3 is 2.83 bits per heavy atom. The van der Waals surface area contributed by atoms with Crippen LogP contribution in [0.5, 0.6) is 17.2 Å². The molecule has 1 aromatic heterocycles. The molecule has 5 nitrogen and oxygen atoms in total. The number of aromatic nitrogens is 1. The Balaban J connectivity index is 1.55. The Morgan fingerprint density at radius 1 is 1.08 bits per heavy atom. The van der Waals surface area contributed by atoms with E-state index in [0.717, 1.165) is 39.3 Å². The van der Waals surface area contributed by atoms with Gasteiger partial charge in [-0.3, -0.25) is 0 Å². The minimum atomic E-state index is 0.577. The van der Waals surface area contributed by atoms with Crippen LogP contribution in [0.15, 0.2) is 47.8 Å². The fourth-order valence-corrected chi connectivity index (χ4v) is 3.23. The lowest BCUT2D eigenvalue weighted by molar-refractivity contribution is 0.171. The Bertz CT molecular complexity index is 863. The lowest BCUT2D eigenvalue weighted by Crippen LogP contribution is -2.15. The van der Waals surface area contributed by atoms with Gasteiger partial charge in [-0.1, -0.05) is 12.1 Å². The van der Waals surface area contributed by atoms with Crippen molar-refractivity contribution >= 4 is 22.2 Å². The summed E-state index contributed by atoms with van der Waals surface area (Å²) >= 11 is 1.55. The molecule has 0 atom stereocenters. The summed E-state index contributed by atoms with van der Waals surface area (Å²) in [5.74, 6) is 2.36. The van der Waals surface area contributed by atoms with Crippen LogP contribution < -0.4 is 19.5 Å². The number of thiazole rings is 1. The van der Waals surface area contributed by atoms with E-state index in [1.807, 2.05) is 47.8 Å². The number of nitrogens with zero attached hydrogens (tertiary/aromatic N) is 1. The number of hydrogen-bond donors (Lipinski definition) is 1. The van der Waals surface area contributed by atoms with Crippen molar-refractivity contribution < 1.29 is 14.2 Å². The van der Waals surface area contributed by atoms with Crippen molar-refractivity contribution in [2.75, 3.05) is 25.6 Å². The van der Waals surface area contributed by atoms with Gasteiger partial charge in [0.2, 0.25) is 0 Å². The van der Waals surface area contributed by atoms with Crippen LogP contribution in [0.3, 0.4) is 0 Å². The van der Waals surface area contributed by atoms with Crippen molar-refractivity contribution in [3.05, 3.63) is 47.8 Å². The summed E-state index contributed by atoms with van der Waals surface area (Å²) in [5, 5.41) is 6.16. The number of rotatable bonds is 4. The molecule has 2 heterocycles. The molecule has 3 aromatic rings. The molecule has 4 rings (SSSR count). The topological polar surface area (TPSA) is 52.6 Å². The monoisotopic (exact) mass is 340 g/mol. The molecular formula is C18H16N2O3S. The summed E-state index contributed by atoms with van der Waals surface area (Å²) in [4.78, 5) is 4.64. The van der Waals surface area contributed by atoms with Gasteiger partial charge >= 0.3 is 0 Å². The molecule has 0 saturated carbocycles. The van der Waals surface area contributed by atoms with Gasteiger partial charge in [0.15, 0.2) is 16.6 Å². The molecule has 0 amide bonds. The van der Waals surface area contributed by atoms with Gasteiger partial charge < -0.3 is 19.5 Å². The second-order valence-electron chi connectivity index (χ2n) is 5.25. The fraction of sp³-hybridized carbons (Fsp3) is 0.167. The molecule has 1 aliphatic heterocycles. The van der Waals surface area contributed by atoms with E-state index in [2.05, 4.69) is 10.3 Å². The Kier molecular flexibility index (Phi) is 3.96. The average Bonchev–Trinajstić information content (AvgIpc) is 3.10. The van der Waals surface area contributed by atoms with Crippen molar-refractivity contribution in [2.45, 2.75) is 0 Å². The zero-order valence-electron chi connectivity index (χ0n) is 13.1. The Morgan fingerprint density at radius 2 is 1.96 bits per heavy atom. The van der Waals surface area contributed by atoms with Gasteiger partial charge in [-0.05, 0) is 24.3 Å². The van der Waals surface area contributed by atoms with Crippen LogP contribution in [0.25, 0.3) is 11.3 Å². The molecule has 1 N–H and O–H groups in total. The zero-order valence-corrected chi connectivity index (χ0v) is 13.9. The van der Waals surface area contributed by atoms with Crippen molar-refractivity contribution in [1.82, 2.24) is 4.98 Å². The molecule has 2 aromatic carbocycles. The number of anilines is 2. The third-order valence-electron chi connectivity index (χ3n) is 3.66. The molecule has 24 heavy (non-hydrogen) atoms. The minimum absolute atomic E-state index is 0.577. The molecule has 0 radical (unpaired) electrons. The highest BCUT2D eigenvalue weighted by Crippen LogP contribution is 2.35. The second kappa shape index (κ2) is 6.41. The van der Waals surface area contributed by atoms with Gasteiger partial charge in [-0.25, -0.2) is 4.98 Å². The summed E-state index contributed by atoms with van der Waals surface area (Å²) in [6.07, 6.45) is 0. The molecule has 0 fully saturated rings. The number of hydrogen-bond acceptors (Lipinski definition) is 6. The van der Waals surface area contributed by atoms with E-state index in [1.165, 1.54) is 0 Å². The van der Waals surface area contributed by atoms with E-state index in [-0.39, 0.29) is 0 Å².